The van der Waals surface area contributed by atoms with Gasteiger partial charge in [0.2, 0.25) is 0 Å². The number of hydrogen-bond donors (Lipinski definition) is 1. The minimum atomic E-state index is 0.0881. The van der Waals surface area contributed by atoms with Crippen LogP contribution >= 0.6 is 0 Å². The summed E-state index contributed by atoms with van der Waals surface area (Å²) in [5, 5.41) is 0. The third-order valence-corrected chi connectivity index (χ3v) is 3.01. The van der Waals surface area contributed by atoms with Crippen molar-refractivity contribution in [1.29, 1.82) is 0 Å². The minimum Gasteiger partial charge on any atom is -0.385 e. The van der Waals surface area contributed by atoms with Gasteiger partial charge in [0.05, 0.1) is 6.61 Å². The van der Waals surface area contributed by atoms with Crippen molar-refractivity contribution in [3.05, 3.63) is 0 Å². The second kappa shape index (κ2) is 7.22. The van der Waals surface area contributed by atoms with Gasteiger partial charge >= 0.3 is 0 Å². The number of likely N-dealkylation sites (tertiary alicyclic amines) is 1. The van der Waals surface area contributed by atoms with Gasteiger partial charge in [-0.25, -0.2) is 0 Å². The summed E-state index contributed by atoms with van der Waals surface area (Å²) in [7, 11) is 1.72. The first kappa shape index (κ1) is 13.9. The second-order valence-corrected chi connectivity index (χ2v) is 4.78. The molecule has 1 fully saturated rings. The van der Waals surface area contributed by atoms with E-state index in [2.05, 4.69) is 11.8 Å². The van der Waals surface area contributed by atoms with E-state index in [1.807, 2.05) is 0 Å². The van der Waals surface area contributed by atoms with Crippen molar-refractivity contribution in [3.8, 4) is 0 Å². The largest absolute Gasteiger partial charge is 0.385 e. The average molecular weight is 230 g/mol. The molecule has 0 unspecified atom stereocenters. The molecule has 4 heteroatoms. The molecule has 1 aliphatic rings. The Kier molecular flexibility index (Phi) is 6.28. The first-order valence-electron chi connectivity index (χ1n) is 6.28. The van der Waals surface area contributed by atoms with Crippen LogP contribution in [-0.4, -0.2) is 57.0 Å². The van der Waals surface area contributed by atoms with E-state index >= 15 is 0 Å². The van der Waals surface area contributed by atoms with Crippen LogP contribution in [-0.2, 0) is 9.47 Å². The van der Waals surface area contributed by atoms with E-state index in [1.54, 1.807) is 7.11 Å². The highest BCUT2D eigenvalue weighted by Gasteiger charge is 2.37. The number of nitrogens with zero attached hydrogens (tertiary/aromatic N) is 1. The van der Waals surface area contributed by atoms with Crippen molar-refractivity contribution in [2.24, 2.45) is 5.73 Å². The molecular weight excluding hydrogens is 204 g/mol. The van der Waals surface area contributed by atoms with E-state index in [0.717, 1.165) is 52.3 Å². The van der Waals surface area contributed by atoms with Crippen LogP contribution in [0.2, 0.25) is 0 Å². The summed E-state index contributed by atoms with van der Waals surface area (Å²) in [6.45, 7) is 7.65. The van der Waals surface area contributed by atoms with E-state index in [9.17, 15) is 0 Å². The molecule has 0 bridgehead atoms. The van der Waals surface area contributed by atoms with Gasteiger partial charge in [0.15, 0.2) is 0 Å². The zero-order valence-corrected chi connectivity index (χ0v) is 10.7. The lowest BCUT2D eigenvalue weighted by Gasteiger charge is -2.48. The van der Waals surface area contributed by atoms with Crippen molar-refractivity contribution in [2.45, 2.75) is 31.7 Å². The van der Waals surface area contributed by atoms with Crippen molar-refractivity contribution < 1.29 is 9.47 Å². The van der Waals surface area contributed by atoms with Gasteiger partial charge in [-0.3, -0.25) is 4.90 Å². The van der Waals surface area contributed by atoms with E-state index in [0.29, 0.717) is 0 Å². The molecule has 0 atom stereocenters. The molecule has 0 aromatic rings. The molecule has 96 valence electrons. The quantitative estimate of drug-likeness (QED) is 0.597. The van der Waals surface area contributed by atoms with Crippen molar-refractivity contribution in [3.63, 3.8) is 0 Å². The van der Waals surface area contributed by atoms with Crippen LogP contribution in [0, 0.1) is 0 Å². The molecule has 0 amide bonds. The Morgan fingerprint density at radius 1 is 1.25 bits per heavy atom. The normalized spacial score (nSPS) is 19.7. The molecule has 4 nitrogen and oxygen atoms in total. The Morgan fingerprint density at radius 2 is 2.00 bits per heavy atom. The van der Waals surface area contributed by atoms with E-state index in [-0.39, 0.29) is 5.54 Å². The summed E-state index contributed by atoms with van der Waals surface area (Å²) in [6, 6.07) is 0. The number of hydrogen-bond acceptors (Lipinski definition) is 4. The molecule has 16 heavy (non-hydrogen) atoms. The highest BCUT2D eigenvalue weighted by atomic mass is 16.5. The van der Waals surface area contributed by atoms with Gasteiger partial charge in [-0.05, 0) is 12.8 Å². The highest BCUT2D eigenvalue weighted by molar-refractivity contribution is 4.99. The van der Waals surface area contributed by atoms with Gasteiger partial charge in [0, 0.05) is 45.5 Å². The van der Waals surface area contributed by atoms with Crippen LogP contribution in [0.5, 0.6) is 0 Å². The third-order valence-electron chi connectivity index (χ3n) is 3.01. The summed E-state index contributed by atoms with van der Waals surface area (Å²) in [4.78, 5) is 2.37. The van der Waals surface area contributed by atoms with Crippen molar-refractivity contribution in [1.82, 2.24) is 4.90 Å². The standard InChI is InChI=1S/C12H26N2O2/c1-3-5-12(13)10-14(11-12)6-9-16-8-4-7-15-2/h3-11,13H2,1-2H3. The molecule has 0 aromatic carbocycles. The molecule has 1 rings (SSSR count). The lowest BCUT2D eigenvalue weighted by atomic mass is 9.86. The SMILES string of the molecule is CCCC1(N)CN(CCOCCCOC)C1. The predicted octanol–water partition coefficient (Wildman–Crippen LogP) is 0.853. The van der Waals surface area contributed by atoms with Gasteiger partial charge in [-0.1, -0.05) is 13.3 Å². The Bertz CT molecular complexity index is 182. The summed E-state index contributed by atoms with van der Waals surface area (Å²) in [5.74, 6) is 0. The Balaban J connectivity index is 1.89. The maximum absolute atomic E-state index is 6.17. The van der Waals surface area contributed by atoms with Crippen LogP contribution in [0.25, 0.3) is 0 Å². The van der Waals surface area contributed by atoms with Crippen molar-refractivity contribution in [2.75, 3.05) is 46.6 Å². The lowest BCUT2D eigenvalue weighted by Crippen LogP contribution is -2.67. The first-order valence-corrected chi connectivity index (χ1v) is 6.28. The van der Waals surface area contributed by atoms with Gasteiger partial charge in [-0.15, -0.1) is 0 Å². The van der Waals surface area contributed by atoms with Gasteiger partial charge < -0.3 is 15.2 Å². The maximum atomic E-state index is 6.17. The average Bonchev–Trinajstić information content (AvgIpc) is 2.21. The molecule has 1 heterocycles. The minimum absolute atomic E-state index is 0.0881. The molecule has 1 saturated heterocycles. The maximum Gasteiger partial charge on any atom is 0.0593 e. The predicted molar refractivity (Wildman–Crippen MR) is 65.6 cm³/mol. The van der Waals surface area contributed by atoms with Crippen LogP contribution in [0.15, 0.2) is 0 Å². The van der Waals surface area contributed by atoms with Crippen molar-refractivity contribution >= 4 is 0 Å². The van der Waals surface area contributed by atoms with E-state index < -0.39 is 0 Å². The van der Waals surface area contributed by atoms with Crippen LogP contribution in [0.3, 0.4) is 0 Å². The van der Waals surface area contributed by atoms with Gasteiger partial charge in [0.1, 0.15) is 0 Å². The summed E-state index contributed by atoms with van der Waals surface area (Å²) in [5.41, 5.74) is 6.26. The first-order chi connectivity index (χ1) is 7.70. The van der Waals surface area contributed by atoms with Crippen LogP contribution in [0.4, 0.5) is 0 Å². The fourth-order valence-corrected chi connectivity index (χ4v) is 2.26. The molecule has 0 radical (unpaired) electrons. The molecule has 0 aromatic heterocycles. The molecule has 1 aliphatic heterocycles. The van der Waals surface area contributed by atoms with Crippen LogP contribution < -0.4 is 5.73 Å². The van der Waals surface area contributed by atoms with E-state index in [4.69, 9.17) is 15.2 Å². The molecular formula is C12H26N2O2. The fraction of sp³-hybridized carbons (Fsp3) is 1.00. The molecule has 2 N–H and O–H groups in total. The summed E-state index contributed by atoms with van der Waals surface area (Å²) < 4.78 is 10.5. The van der Waals surface area contributed by atoms with Crippen LogP contribution in [0.1, 0.15) is 26.2 Å². The van der Waals surface area contributed by atoms with Gasteiger partial charge in [-0.2, -0.15) is 0 Å². The summed E-state index contributed by atoms with van der Waals surface area (Å²) >= 11 is 0. The molecule has 0 saturated carbocycles. The number of rotatable bonds is 9. The lowest BCUT2D eigenvalue weighted by molar-refractivity contribution is 0.0241. The topological polar surface area (TPSA) is 47.7 Å². The highest BCUT2D eigenvalue weighted by Crippen LogP contribution is 2.22. The Hall–Kier alpha value is -0.160. The Labute approximate surface area is 99.1 Å². The smallest absolute Gasteiger partial charge is 0.0593 e. The monoisotopic (exact) mass is 230 g/mol. The third kappa shape index (κ3) is 4.78. The number of methoxy groups -OCH3 is 1. The zero-order valence-electron chi connectivity index (χ0n) is 10.7. The van der Waals surface area contributed by atoms with E-state index in [1.165, 1.54) is 6.42 Å². The Morgan fingerprint density at radius 3 is 2.62 bits per heavy atom. The fourth-order valence-electron chi connectivity index (χ4n) is 2.26. The number of ether oxygens (including phenoxy) is 2. The molecule has 0 spiro atoms. The number of nitrogens with two attached hydrogens (primary N) is 1. The second-order valence-electron chi connectivity index (χ2n) is 4.78. The van der Waals surface area contributed by atoms with Gasteiger partial charge in [0.25, 0.3) is 0 Å². The zero-order chi connectivity index (χ0) is 11.9. The molecule has 0 aliphatic carbocycles. The summed E-state index contributed by atoms with van der Waals surface area (Å²) in [6.07, 6.45) is 3.29.